The smallest absolute Gasteiger partial charge is 0.267 e. The van der Waals surface area contributed by atoms with E-state index in [4.69, 9.17) is 17.3 Å². The molecule has 2 aromatic rings. The number of sulfonamides is 1. The van der Waals surface area contributed by atoms with Gasteiger partial charge in [0.25, 0.3) is 15.9 Å². The second kappa shape index (κ2) is 5.94. The molecule has 5 nitrogen and oxygen atoms in total. The summed E-state index contributed by atoms with van der Waals surface area (Å²) in [5, 5.41) is -0.308. The molecule has 2 aromatic carbocycles. The van der Waals surface area contributed by atoms with E-state index in [1.54, 1.807) is 12.1 Å². The van der Waals surface area contributed by atoms with Gasteiger partial charge >= 0.3 is 0 Å². The lowest BCUT2D eigenvalue weighted by atomic mass is 10.2. The Bertz CT molecular complexity index is 840. The zero-order chi connectivity index (χ0) is 16.5. The largest absolute Gasteiger partial charge is 0.366 e. The maximum absolute atomic E-state index is 14.0. The number of para-hydroxylation sites is 1. The van der Waals surface area contributed by atoms with Crippen molar-refractivity contribution in [2.45, 2.75) is 4.90 Å². The molecule has 0 bridgehead atoms. The van der Waals surface area contributed by atoms with Crippen molar-refractivity contribution in [3.8, 4) is 0 Å². The van der Waals surface area contributed by atoms with Crippen LogP contribution in [-0.4, -0.2) is 21.4 Å². The lowest BCUT2D eigenvalue weighted by Crippen LogP contribution is -2.29. The molecule has 0 aromatic heterocycles. The third kappa shape index (κ3) is 2.77. The molecule has 2 N–H and O–H groups in total. The minimum atomic E-state index is -4.24. The molecule has 0 unspecified atom stereocenters. The van der Waals surface area contributed by atoms with Gasteiger partial charge in [0.1, 0.15) is 4.90 Å². The normalized spacial score (nSPS) is 11.2. The van der Waals surface area contributed by atoms with Crippen LogP contribution >= 0.6 is 11.6 Å². The number of nitrogens with zero attached hydrogens (tertiary/aromatic N) is 1. The van der Waals surface area contributed by atoms with Crippen LogP contribution < -0.4 is 10.0 Å². The highest BCUT2D eigenvalue weighted by atomic mass is 35.5. The summed E-state index contributed by atoms with van der Waals surface area (Å²) < 4.78 is 39.9. The van der Waals surface area contributed by atoms with E-state index >= 15 is 0 Å². The van der Waals surface area contributed by atoms with Crippen LogP contribution in [0.4, 0.5) is 10.1 Å². The number of hydrogen-bond acceptors (Lipinski definition) is 3. The van der Waals surface area contributed by atoms with Gasteiger partial charge in [0.05, 0.1) is 16.3 Å². The Hall–Kier alpha value is -2.12. The van der Waals surface area contributed by atoms with Gasteiger partial charge in [-0.15, -0.1) is 0 Å². The summed E-state index contributed by atoms with van der Waals surface area (Å²) in [5.41, 5.74) is 5.29. The molecule has 0 spiro atoms. The maximum atomic E-state index is 14.0. The van der Waals surface area contributed by atoms with E-state index in [1.807, 2.05) is 0 Å². The van der Waals surface area contributed by atoms with Crippen molar-refractivity contribution in [1.29, 1.82) is 0 Å². The molecular weight excluding hydrogens is 331 g/mol. The average Bonchev–Trinajstić information content (AvgIpc) is 2.49. The molecular formula is C14H12ClFN2O3S. The zero-order valence-corrected chi connectivity index (χ0v) is 13.0. The lowest BCUT2D eigenvalue weighted by molar-refractivity contribution is 0.100. The molecule has 0 fully saturated rings. The highest BCUT2D eigenvalue weighted by molar-refractivity contribution is 7.92. The molecule has 0 atom stereocenters. The molecule has 2 rings (SSSR count). The Balaban J connectivity index is 2.60. The van der Waals surface area contributed by atoms with Crippen LogP contribution in [0, 0.1) is 5.82 Å². The van der Waals surface area contributed by atoms with Gasteiger partial charge in [0, 0.05) is 7.05 Å². The second-order valence-corrected chi connectivity index (χ2v) is 6.75. The SMILES string of the molecule is CN(c1ccccc1C(N)=O)S(=O)(=O)c1cccc(Cl)c1F. The van der Waals surface area contributed by atoms with E-state index in [1.165, 1.54) is 31.3 Å². The molecule has 0 saturated carbocycles. The van der Waals surface area contributed by atoms with Gasteiger partial charge in [0.2, 0.25) is 0 Å². The van der Waals surface area contributed by atoms with Crippen molar-refractivity contribution < 1.29 is 17.6 Å². The molecule has 0 heterocycles. The number of nitrogens with two attached hydrogens (primary N) is 1. The van der Waals surface area contributed by atoms with Crippen LogP contribution in [0.25, 0.3) is 0 Å². The monoisotopic (exact) mass is 342 g/mol. The van der Waals surface area contributed by atoms with Gasteiger partial charge < -0.3 is 5.73 Å². The quantitative estimate of drug-likeness (QED) is 0.926. The molecule has 0 aliphatic carbocycles. The van der Waals surface area contributed by atoms with Crippen LogP contribution in [0.1, 0.15) is 10.4 Å². The first-order valence-electron chi connectivity index (χ1n) is 6.08. The summed E-state index contributed by atoms with van der Waals surface area (Å²) in [6, 6.07) is 9.55. The lowest BCUT2D eigenvalue weighted by Gasteiger charge is -2.21. The maximum Gasteiger partial charge on any atom is 0.267 e. The number of carbonyl (C=O) groups excluding carboxylic acids is 1. The number of primary amides is 1. The Morgan fingerprint density at radius 3 is 2.45 bits per heavy atom. The van der Waals surface area contributed by atoms with Gasteiger partial charge in [-0.2, -0.15) is 0 Å². The van der Waals surface area contributed by atoms with E-state index < -0.39 is 26.6 Å². The predicted octanol–water partition coefficient (Wildman–Crippen LogP) is 2.40. The van der Waals surface area contributed by atoms with Crippen LogP contribution in [0.3, 0.4) is 0 Å². The number of anilines is 1. The number of rotatable bonds is 4. The van der Waals surface area contributed by atoms with Crippen LogP contribution in [-0.2, 0) is 10.0 Å². The van der Waals surface area contributed by atoms with Gasteiger partial charge in [0.15, 0.2) is 5.82 Å². The standard InChI is InChI=1S/C14H12ClFN2O3S/c1-18(11-7-3-2-5-9(11)14(17)19)22(20,21)12-8-4-6-10(15)13(12)16/h2-8H,1H3,(H2,17,19). The summed E-state index contributed by atoms with van der Waals surface area (Å²) in [4.78, 5) is 10.8. The fourth-order valence-corrected chi connectivity index (χ4v) is 3.45. The molecule has 8 heteroatoms. The second-order valence-electron chi connectivity index (χ2n) is 4.41. The van der Waals surface area contributed by atoms with E-state index in [0.717, 1.165) is 10.4 Å². The van der Waals surface area contributed by atoms with E-state index in [-0.39, 0.29) is 16.3 Å². The molecule has 0 aliphatic heterocycles. The summed E-state index contributed by atoms with van der Waals surface area (Å²) in [6.45, 7) is 0. The van der Waals surface area contributed by atoms with Gasteiger partial charge in [-0.05, 0) is 24.3 Å². The Morgan fingerprint density at radius 1 is 1.18 bits per heavy atom. The number of carbonyl (C=O) groups is 1. The van der Waals surface area contributed by atoms with Crippen molar-refractivity contribution in [2.75, 3.05) is 11.4 Å². The van der Waals surface area contributed by atoms with Crippen LogP contribution in [0.15, 0.2) is 47.4 Å². The van der Waals surface area contributed by atoms with Gasteiger partial charge in [-0.3, -0.25) is 9.10 Å². The Kier molecular flexibility index (Phi) is 4.39. The summed E-state index contributed by atoms with van der Waals surface area (Å²) in [5.74, 6) is -1.84. The fraction of sp³-hybridized carbons (Fsp3) is 0.0714. The van der Waals surface area contributed by atoms with E-state index in [0.29, 0.717) is 0 Å². The average molecular weight is 343 g/mol. The predicted molar refractivity (Wildman–Crippen MR) is 82.0 cm³/mol. The summed E-state index contributed by atoms with van der Waals surface area (Å²) in [6.07, 6.45) is 0. The minimum Gasteiger partial charge on any atom is -0.366 e. The van der Waals surface area contributed by atoms with Crippen molar-refractivity contribution in [3.05, 3.63) is 58.9 Å². The number of benzene rings is 2. The van der Waals surface area contributed by atoms with Crippen LogP contribution in [0.5, 0.6) is 0 Å². The molecule has 116 valence electrons. The first-order valence-corrected chi connectivity index (χ1v) is 7.90. The molecule has 22 heavy (non-hydrogen) atoms. The highest BCUT2D eigenvalue weighted by Gasteiger charge is 2.28. The highest BCUT2D eigenvalue weighted by Crippen LogP contribution is 2.29. The van der Waals surface area contributed by atoms with E-state index in [9.17, 15) is 17.6 Å². The van der Waals surface area contributed by atoms with Crippen molar-refractivity contribution >= 4 is 33.2 Å². The zero-order valence-electron chi connectivity index (χ0n) is 11.5. The van der Waals surface area contributed by atoms with Crippen molar-refractivity contribution in [1.82, 2.24) is 0 Å². The van der Waals surface area contributed by atoms with Crippen LogP contribution in [0.2, 0.25) is 5.02 Å². The molecule has 1 amide bonds. The third-order valence-corrected chi connectivity index (χ3v) is 5.14. The number of hydrogen-bond donors (Lipinski definition) is 1. The third-order valence-electron chi connectivity index (χ3n) is 3.06. The minimum absolute atomic E-state index is 0.0102. The van der Waals surface area contributed by atoms with Gasteiger partial charge in [-0.25, -0.2) is 12.8 Å². The summed E-state index contributed by atoms with van der Waals surface area (Å²) >= 11 is 5.62. The Morgan fingerprint density at radius 2 is 1.82 bits per heavy atom. The van der Waals surface area contributed by atoms with Crippen molar-refractivity contribution in [2.24, 2.45) is 5.73 Å². The topological polar surface area (TPSA) is 80.5 Å². The molecule has 0 radical (unpaired) electrons. The van der Waals surface area contributed by atoms with E-state index in [2.05, 4.69) is 0 Å². The van der Waals surface area contributed by atoms with Gasteiger partial charge in [-0.1, -0.05) is 29.8 Å². The number of halogens is 2. The summed E-state index contributed by atoms with van der Waals surface area (Å²) in [7, 11) is -3.03. The fourth-order valence-electron chi connectivity index (χ4n) is 1.92. The van der Waals surface area contributed by atoms with Crippen molar-refractivity contribution in [3.63, 3.8) is 0 Å². The first-order chi connectivity index (χ1) is 10.3. The number of amides is 1. The molecule has 0 aliphatic rings. The molecule has 0 saturated heterocycles. The first kappa shape index (κ1) is 16.3. The Labute approximate surface area is 132 Å².